The van der Waals surface area contributed by atoms with Crippen LogP contribution in [-0.2, 0) is 6.18 Å². The Balaban J connectivity index is 1.73. The maximum absolute atomic E-state index is 13.1. The van der Waals surface area contributed by atoms with Gasteiger partial charge in [-0.1, -0.05) is 0 Å². The molecule has 3 aromatic rings. The normalized spacial score (nSPS) is 17.3. The molecule has 9 heteroatoms. The number of halogens is 3. The van der Waals surface area contributed by atoms with Crippen molar-refractivity contribution in [3.8, 4) is 11.3 Å². The molecule has 1 atom stereocenters. The van der Waals surface area contributed by atoms with E-state index in [2.05, 4.69) is 15.1 Å². The molecule has 1 N–H and O–H groups in total. The minimum Gasteiger partial charge on any atom is -0.342 e. The summed E-state index contributed by atoms with van der Waals surface area (Å²) in [6.07, 6.45) is -1.18. The highest BCUT2D eigenvalue weighted by atomic mass is 19.4. The van der Waals surface area contributed by atoms with Gasteiger partial charge in [0, 0.05) is 12.2 Å². The van der Waals surface area contributed by atoms with E-state index in [-0.39, 0.29) is 11.9 Å². The molecule has 1 amide bonds. The highest BCUT2D eigenvalue weighted by molar-refractivity contribution is 6.09. The first-order chi connectivity index (χ1) is 12.8. The fourth-order valence-electron chi connectivity index (χ4n) is 3.27. The molecule has 0 bridgehead atoms. The van der Waals surface area contributed by atoms with Crippen LogP contribution in [0.4, 0.5) is 18.9 Å². The van der Waals surface area contributed by atoms with Crippen LogP contribution in [0.5, 0.6) is 0 Å². The molecule has 0 fully saturated rings. The summed E-state index contributed by atoms with van der Waals surface area (Å²) < 4.78 is 40.0. The van der Waals surface area contributed by atoms with Crippen molar-refractivity contribution in [2.24, 2.45) is 0 Å². The van der Waals surface area contributed by atoms with Crippen molar-refractivity contribution in [2.45, 2.75) is 26.1 Å². The summed E-state index contributed by atoms with van der Waals surface area (Å²) in [5, 5.41) is 4.32. The first-order valence-corrected chi connectivity index (χ1v) is 8.34. The number of aryl methyl sites for hydroxylation is 1. The SMILES string of the molecule is Cc1ncc(-c2cnn3c2C(=O)N(c2ccc(C(F)(F)F)cc2)CC3C)[nH]1. The van der Waals surface area contributed by atoms with E-state index in [1.54, 1.807) is 24.0 Å². The number of alkyl halides is 3. The van der Waals surface area contributed by atoms with E-state index in [1.807, 2.05) is 6.92 Å². The van der Waals surface area contributed by atoms with Gasteiger partial charge in [0.05, 0.1) is 35.3 Å². The maximum atomic E-state index is 13.1. The number of H-pyrrole nitrogens is 1. The lowest BCUT2D eigenvalue weighted by atomic mass is 10.1. The fraction of sp³-hybridized carbons (Fsp3) is 0.278. The first-order valence-electron chi connectivity index (χ1n) is 8.34. The topological polar surface area (TPSA) is 66.8 Å². The molecule has 0 aliphatic carbocycles. The van der Waals surface area contributed by atoms with Crippen LogP contribution in [0.15, 0.2) is 36.7 Å². The molecule has 1 unspecified atom stereocenters. The van der Waals surface area contributed by atoms with E-state index in [1.165, 1.54) is 17.0 Å². The van der Waals surface area contributed by atoms with E-state index in [4.69, 9.17) is 0 Å². The van der Waals surface area contributed by atoms with Crippen LogP contribution in [0.3, 0.4) is 0 Å². The number of hydrogen-bond donors (Lipinski definition) is 1. The Morgan fingerprint density at radius 3 is 2.48 bits per heavy atom. The Morgan fingerprint density at radius 2 is 1.89 bits per heavy atom. The van der Waals surface area contributed by atoms with Crippen molar-refractivity contribution in [2.75, 3.05) is 11.4 Å². The van der Waals surface area contributed by atoms with Gasteiger partial charge in [-0.05, 0) is 38.1 Å². The monoisotopic (exact) mass is 375 g/mol. The summed E-state index contributed by atoms with van der Waals surface area (Å²) in [4.78, 5) is 21.8. The number of anilines is 1. The number of fused-ring (bicyclic) bond motifs is 1. The Morgan fingerprint density at radius 1 is 1.19 bits per heavy atom. The minimum absolute atomic E-state index is 0.127. The predicted molar refractivity (Wildman–Crippen MR) is 92.4 cm³/mol. The molecule has 6 nitrogen and oxygen atoms in total. The number of hydrogen-bond acceptors (Lipinski definition) is 3. The van der Waals surface area contributed by atoms with Crippen molar-refractivity contribution in [1.29, 1.82) is 0 Å². The van der Waals surface area contributed by atoms with Crippen LogP contribution in [0, 0.1) is 6.92 Å². The molecule has 140 valence electrons. The van der Waals surface area contributed by atoms with E-state index in [0.29, 0.717) is 35.0 Å². The van der Waals surface area contributed by atoms with E-state index in [0.717, 1.165) is 12.1 Å². The Kier molecular flexibility index (Phi) is 3.83. The number of aromatic nitrogens is 4. The molecule has 1 aliphatic rings. The third-order valence-electron chi connectivity index (χ3n) is 4.61. The molecular weight excluding hydrogens is 359 g/mol. The second-order valence-corrected chi connectivity index (χ2v) is 6.54. The summed E-state index contributed by atoms with van der Waals surface area (Å²) in [6, 6.07) is 4.48. The molecule has 2 aromatic heterocycles. The summed E-state index contributed by atoms with van der Waals surface area (Å²) in [5.41, 5.74) is 1.34. The van der Waals surface area contributed by atoms with Gasteiger partial charge in [-0.25, -0.2) is 4.98 Å². The number of carbonyl (C=O) groups excluding carboxylic acids is 1. The number of nitrogens with zero attached hydrogens (tertiary/aromatic N) is 4. The van der Waals surface area contributed by atoms with Crippen molar-refractivity contribution in [3.63, 3.8) is 0 Å². The highest BCUT2D eigenvalue weighted by Crippen LogP contribution is 2.34. The molecule has 0 radical (unpaired) electrons. The molecule has 4 rings (SSSR count). The zero-order chi connectivity index (χ0) is 19.3. The van der Waals surface area contributed by atoms with Gasteiger partial charge in [0.25, 0.3) is 5.91 Å². The fourth-order valence-corrected chi connectivity index (χ4v) is 3.27. The standard InChI is InChI=1S/C18H16F3N5O/c1-10-9-25(13-5-3-12(4-6-13)18(19,20)21)17(27)16-14(7-23-26(10)16)15-8-22-11(2)24-15/h3-8,10H,9H2,1-2H3,(H,22,24). The lowest BCUT2D eigenvalue weighted by molar-refractivity contribution is -0.137. The Labute approximate surface area is 152 Å². The van der Waals surface area contributed by atoms with Crippen molar-refractivity contribution < 1.29 is 18.0 Å². The van der Waals surface area contributed by atoms with Gasteiger partial charge in [-0.2, -0.15) is 18.3 Å². The van der Waals surface area contributed by atoms with Crippen molar-refractivity contribution in [1.82, 2.24) is 19.7 Å². The quantitative estimate of drug-likeness (QED) is 0.740. The largest absolute Gasteiger partial charge is 0.416 e. The third kappa shape index (κ3) is 2.88. The molecule has 0 saturated carbocycles. The lowest BCUT2D eigenvalue weighted by Crippen LogP contribution is -2.42. The zero-order valence-corrected chi connectivity index (χ0v) is 14.6. The van der Waals surface area contributed by atoms with Gasteiger partial charge in [0.15, 0.2) is 0 Å². The number of rotatable bonds is 2. The van der Waals surface area contributed by atoms with Gasteiger partial charge in [0.1, 0.15) is 11.5 Å². The molecule has 27 heavy (non-hydrogen) atoms. The van der Waals surface area contributed by atoms with E-state index in [9.17, 15) is 18.0 Å². The molecule has 0 saturated heterocycles. The zero-order valence-electron chi connectivity index (χ0n) is 14.6. The van der Waals surface area contributed by atoms with Crippen LogP contribution in [0.2, 0.25) is 0 Å². The van der Waals surface area contributed by atoms with Gasteiger partial charge in [0.2, 0.25) is 0 Å². The number of carbonyl (C=O) groups is 1. The average molecular weight is 375 g/mol. The summed E-state index contributed by atoms with van der Waals surface area (Å²) in [6.45, 7) is 4.03. The van der Waals surface area contributed by atoms with Crippen molar-refractivity contribution in [3.05, 3.63) is 53.7 Å². The van der Waals surface area contributed by atoms with Crippen molar-refractivity contribution >= 4 is 11.6 Å². The maximum Gasteiger partial charge on any atom is 0.416 e. The second-order valence-electron chi connectivity index (χ2n) is 6.54. The predicted octanol–water partition coefficient (Wildman–Crippen LogP) is 3.82. The summed E-state index contributed by atoms with van der Waals surface area (Å²) >= 11 is 0. The van der Waals surface area contributed by atoms with Crippen LogP contribution in [0.1, 0.15) is 34.8 Å². The lowest BCUT2D eigenvalue weighted by Gasteiger charge is -2.32. The van der Waals surface area contributed by atoms with Gasteiger partial charge >= 0.3 is 6.18 Å². The van der Waals surface area contributed by atoms with Gasteiger partial charge in [-0.15, -0.1) is 0 Å². The van der Waals surface area contributed by atoms with Gasteiger partial charge in [-0.3, -0.25) is 9.48 Å². The number of benzene rings is 1. The Bertz CT molecular complexity index is 1000. The van der Waals surface area contributed by atoms with Crippen LogP contribution in [0.25, 0.3) is 11.3 Å². The Hall–Kier alpha value is -3.10. The second kappa shape index (κ2) is 5.97. The minimum atomic E-state index is -4.41. The highest BCUT2D eigenvalue weighted by Gasteiger charge is 2.35. The van der Waals surface area contributed by atoms with Gasteiger partial charge < -0.3 is 9.88 Å². The molecule has 1 aliphatic heterocycles. The van der Waals surface area contributed by atoms with Crippen LogP contribution >= 0.6 is 0 Å². The molecule has 1 aromatic carbocycles. The number of imidazole rings is 1. The number of aromatic amines is 1. The number of amides is 1. The molecule has 0 spiro atoms. The summed E-state index contributed by atoms with van der Waals surface area (Å²) in [7, 11) is 0. The third-order valence-corrected chi connectivity index (χ3v) is 4.61. The smallest absolute Gasteiger partial charge is 0.342 e. The molecular formula is C18H16F3N5O. The van der Waals surface area contributed by atoms with E-state index < -0.39 is 11.7 Å². The molecule has 3 heterocycles. The number of nitrogens with one attached hydrogen (secondary N) is 1. The van der Waals surface area contributed by atoms with Crippen LogP contribution < -0.4 is 4.90 Å². The average Bonchev–Trinajstić information content (AvgIpc) is 3.24. The summed E-state index contributed by atoms with van der Waals surface area (Å²) in [5.74, 6) is 0.397. The van der Waals surface area contributed by atoms with E-state index >= 15 is 0 Å². The first kappa shape index (κ1) is 17.3. The van der Waals surface area contributed by atoms with Crippen LogP contribution in [-0.4, -0.2) is 32.2 Å².